The third-order valence-electron chi connectivity index (χ3n) is 5.69. The standard InChI is InChI=1S/C26H28N2O5S/c1-26(2)17-23(22-11-7-8-12-24(22)33-26)27-25(29)18-28(19-9-5-4-6-10-19)34(30,31)21-15-13-20(32-3)14-16-21/h4-16,23H,17-18H2,1-3H3,(H,27,29). The first-order valence-corrected chi connectivity index (χ1v) is 12.4. The minimum absolute atomic E-state index is 0.0718. The molecule has 1 heterocycles. The van der Waals surface area contributed by atoms with Crippen LogP contribution >= 0.6 is 0 Å². The average Bonchev–Trinajstić information content (AvgIpc) is 2.82. The lowest BCUT2D eigenvalue weighted by Gasteiger charge is -2.38. The third-order valence-corrected chi connectivity index (χ3v) is 7.48. The van der Waals surface area contributed by atoms with E-state index >= 15 is 0 Å². The van der Waals surface area contributed by atoms with Crippen molar-refractivity contribution in [2.24, 2.45) is 0 Å². The summed E-state index contributed by atoms with van der Waals surface area (Å²) in [6, 6.07) is 22.0. The highest BCUT2D eigenvalue weighted by Crippen LogP contribution is 2.39. The SMILES string of the molecule is COc1ccc(S(=O)(=O)N(CC(=O)NC2CC(C)(C)Oc3ccccc32)c2ccccc2)cc1. The maximum Gasteiger partial charge on any atom is 0.264 e. The summed E-state index contributed by atoms with van der Waals surface area (Å²) in [6.07, 6.45) is 0.562. The van der Waals surface area contributed by atoms with Crippen LogP contribution in [0.4, 0.5) is 5.69 Å². The van der Waals surface area contributed by atoms with Gasteiger partial charge in [0.15, 0.2) is 0 Å². The summed E-state index contributed by atoms with van der Waals surface area (Å²) in [5, 5.41) is 3.03. The van der Waals surface area contributed by atoms with Crippen LogP contribution in [0.3, 0.4) is 0 Å². The fraction of sp³-hybridized carbons (Fsp3) is 0.269. The number of nitrogens with one attached hydrogen (secondary N) is 1. The van der Waals surface area contributed by atoms with Gasteiger partial charge in [-0.3, -0.25) is 9.10 Å². The predicted octanol–water partition coefficient (Wildman–Crippen LogP) is 4.31. The quantitative estimate of drug-likeness (QED) is 0.545. The normalized spacial score (nSPS) is 16.6. The Labute approximate surface area is 200 Å². The number of hydrogen-bond acceptors (Lipinski definition) is 5. The van der Waals surface area contributed by atoms with Gasteiger partial charge in [-0.15, -0.1) is 0 Å². The van der Waals surface area contributed by atoms with Gasteiger partial charge >= 0.3 is 0 Å². The summed E-state index contributed by atoms with van der Waals surface area (Å²) >= 11 is 0. The largest absolute Gasteiger partial charge is 0.497 e. The second-order valence-corrected chi connectivity index (χ2v) is 10.6. The Morgan fingerprint density at radius 3 is 2.35 bits per heavy atom. The molecular formula is C26H28N2O5S. The van der Waals surface area contributed by atoms with E-state index in [1.54, 1.807) is 42.5 Å². The van der Waals surface area contributed by atoms with E-state index in [1.807, 2.05) is 38.1 Å². The van der Waals surface area contributed by atoms with Gasteiger partial charge in [0, 0.05) is 12.0 Å². The number of ether oxygens (including phenoxy) is 2. The Balaban J connectivity index is 1.62. The van der Waals surface area contributed by atoms with Crippen LogP contribution in [0.2, 0.25) is 0 Å². The summed E-state index contributed by atoms with van der Waals surface area (Å²) in [7, 11) is -2.49. The Hall–Kier alpha value is -3.52. The molecule has 1 amide bonds. The number of carbonyl (C=O) groups excluding carboxylic acids is 1. The second-order valence-electron chi connectivity index (χ2n) is 8.75. The summed E-state index contributed by atoms with van der Waals surface area (Å²) in [6.45, 7) is 3.57. The molecule has 0 spiro atoms. The van der Waals surface area contributed by atoms with Crippen molar-refractivity contribution in [3.63, 3.8) is 0 Å². The Kier molecular flexibility index (Phi) is 6.52. The van der Waals surface area contributed by atoms with Crippen molar-refractivity contribution in [2.75, 3.05) is 18.0 Å². The molecule has 8 heteroatoms. The molecule has 0 radical (unpaired) electrons. The number of carbonyl (C=O) groups is 1. The molecule has 0 fully saturated rings. The van der Waals surface area contributed by atoms with E-state index in [4.69, 9.17) is 9.47 Å². The monoisotopic (exact) mass is 480 g/mol. The fourth-order valence-corrected chi connectivity index (χ4v) is 5.51. The van der Waals surface area contributed by atoms with Gasteiger partial charge in [0.1, 0.15) is 23.6 Å². The van der Waals surface area contributed by atoms with Crippen LogP contribution in [-0.4, -0.2) is 33.6 Å². The molecule has 4 rings (SSSR count). The van der Waals surface area contributed by atoms with E-state index in [2.05, 4.69) is 5.32 Å². The maximum absolute atomic E-state index is 13.5. The van der Waals surface area contributed by atoms with Gasteiger partial charge in [0.2, 0.25) is 5.91 Å². The van der Waals surface area contributed by atoms with Crippen LogP contribution in [-0.2, 0) is 14.8 Å². The molecule has 3 aromatic rings. The number of amides is 1. The molecule has 0 saturated heterocycles. The molecule has 1 aliphatic heterocycles. The number of methoxy groups -OCH3 is 1. The molecule has 34 heavy (non-hydrogen) atoms. The first kappa shape index (κ1) is 23.6. The minimum Gasteiger partial charge on any atom is -0.497 e. The van der Waals surface area contributed by atoms with E-state index in [-0.39, 0.29) is 17.5 Å². The maximum atomic E-state index is 13.5. The topological polar surface area (TPSA) is 84.9 Å². The highest BCUT2D eigenvalue weighted by Gasteiger charge is 2.35. The van der Waals surface area contributed by atoms with Crippen molar-refractivity contribution in [1.82, 2.24) is 5.32 Å². The summed E-state index contributed by atoms with van der Waals surface area (Å²) in [4.78, 5) is 13.3. The van der Waals surface area contributed by atoms with Gasteiger partial charge in [-0.2, -0.15) is 0 Å². The number of rotatable bonds is 7. The molecule has 1 atom stereocenters. The zero-order chi connectivity index (χ0) is 24.3. The van der Waals surface area contributed by atoms with E-state index in [0.29, 0.717) is 17.9 Å². The van der Waals surface area contributed by atoms with Gasteiger partial charge in [-0.05, 0) is 56.3 Å². The van der Waals surface area contributed by atoms with Crippen LogP contribution < -0.4 is 19.1 Å². The highest BCUT2D eigenvalue weighted by atomic mass is 32.2. The number of para-hydroxylation sites is 2. The molecule has 1 N–H and O–H groups in total. The zero-order valence-electron chi connectivity index (χ0n) is 19.4. The van der Waals surface area contributed by atoms with Gasteiger partial charge in [0.25, 0.3) is 10.0 Å². The average molecular weight is 481 g/mol. The molecule has 0 aliphatic carbocycles. The number of nitrogens with zero attached hydrogens (tertiary/aromatic N) is 1. The Bertz CT molecular complexity index is 1260. The first-order chi connectivity index (χ1) is 16.2. The number of sulfonamides is 1. The molecular weight excluding hydrogens is 452 g/mol. The van der Waals surface area contributed by atoms with Crippen LogP contribution in [0, 0.1) is 0 Å². The van der Waals surface area contributed by atoms with Crippen molar-refractivity contribution in [3.05, 3.63) is 84.4 Å². The zero-order valence-corrected chi connectivity index (χ0v) is 20.2. The number of fused-ring (bicyclic) bond motifs is 1. The highest BCUT2D eigenvalue weighted by molar-refractivity contribution is 7.92. The molecule has 1 unspecified atom stereocenters. The number of hydrogen-bond donors (Lipinski definition) is 1. The van der Waals surface area contributed by atoms with Crippen LogP contribution in [0.25, 0.3) is 0 Å². The number of benzene rings is 3. The summed E-state index contributed by atoms with van der Waals surface area (Å²) in [5.41, 5.74) is 0.807. The second kappa shape index (κ2) is 9.38. The van der Waals surface area contributed by atoms with Crippen molar-refractivity contribution in [2.45, 2.75) is 36.8 Å². The van der Waals surface area contributed by atoms with Crippen molar-refractivity contribution in [1.29, 1.82) is 0 Å². The lowest BCUT2D eigenvalue weighted by atomic mass is 9.89. The first-order valence-electron chi connectivity index (χ1n) is 11.0. The third kappa shape index (κ3) is 5.02. The minimum atomic E-state index is -4.01. The van der Waals surface area contributed by atoms with E-state index < -0.39 is 21.5 Å². The number of anilines is 1. The van der Waals surface area contributed by atoms with E-state index in [0.717, 1.165) is 15.6 Å². The van der Waals surface area contributed by atoms with E-state index in [9.17, 15) is 13.2 Å². The van der Waals surface area contributed by atoms with E-state index in [1.165, 1.54) is 19.2 Å². The van der Waals surface area contributed by atoms with Gasteiger partial charge in [-0.1, -0.05) is 36.4 Å². The summed E-state index contributed by atoms with van der Waals surface area (Å²) in [5.74, 6) is 0.858. The molecule has 0 aromatic heterocycles. The van der Waals surface area contributed by atoms with Crippen molar-refractivity contribution >= 4 is 21.6 Å². The molecule has 0 saturated carbocycles. The molecule has 7 nitrogen and oxygen atoms in total. The molecule has 178 valence electrons. The fourth-order valence-electron chi connectivity index (χ4n) is 4.09. The van der Waals surface area contributed by atoms with Crippen molar-refractivity contribution < 1.29 is 22.7 Å². The Morgan fingerprint density at radius 2 is 1.68 bits per heavy atom. The smallest absolute Gasteiger partial charge is 0.264 e. The van der Waals surface area contributed by atoms with Gasteiger partial charge < -0.3 is 14.8 Å². The van der Waals surface area contributed by atoms with Gasteiger partial charge in [-0.25, -0.2) is 8.42 Å². The van der Waals surface area contributed by atoms with Crippen LogP contribution in [0.5, 0.6) is 11.5 Å². The van der Waals surface area contributed by atoms with Gasteiger partial charge in [0.05, 0.1) is 23.7 Å². The predicted molar refractivity (Wildman–Crippen MR) is 131 cm³/mol. The molecule has 3 aromatic carbocycles. The van der Waals surface area contributed by atoms with Crippen LogP contribution in [0.1, 0.15) is 31.9 Å². The lowest BCUT2D eigenvalue weighted by Crippen LogP contribution is -2.45. The molecule has 0 bridgehead atoms. The van der Waals surface area contributed by atoms with Crippen molar-refractivity contribution in [3.8, 4) is 11.5 Å². The Morgan fingerprint density at radius 1 is 1.03 bits per heavy atom. The van der Waals surface area contributed by atoms with Crippen LogP contribution in [0.15, 0.2) is 83.8 Å². The summed E-state index contributed by atoms with van der Waals surface area (Å²) < 4.78 is 39.4. The lowest BCUT2D eigenvalue weighted by molar-refractivity contribution is -0.120. The molecule has 1 aliphatic rings.